The fourth-order valence-electron chi connectivity index (χ4n) is 3.55. The maximum absolute atomic E-state index is 13.8. The van der Waals surface area contributed by atoms with Gasteiger partial charge in [-0.2, -0.15) is 0 Å². The number of nitrogens with zero attached hydrogens (tertiary/aromatic N) is 4. The molecule has 0 aliphatic heterocycles. The molecule has 0 radical (unpaired) electrons. The van der Waals surface area contributed by atoms with Crippen molar-refractivity contribution in [3.05, 3.63) is 71.9 Å². The standard InChI is InChI=1S/C23H22FN5O2S/c1-3-29-21(12-22(31)25-18-10-6-5-9-17(18)24)26-27-23(29)32-14-20(30)16-13-28(2)19-11-7-4-8-15(16)19/h4-11,13H,3,12,14H2,1-2H3,(H,25,31). The number of fused-ring (bicyclic) bond motifs is 1. The number of hydrogen-bond donors (Lipinski definition) is 1. The van der Waals surface area contributed by atoms with E-state index >= 15 is 0 Å². The van der Waals surface area contributed by atoms with Gasteiger partial charge in [0.15, 0.2) is 10.9 Å². The predicted octanol–water partition coefficient (Wildman–Crippen LogP) is 4.09. The molecule has 2 heterocycles. The van der Waals surface area contributed by atoms with Gasteiger partial charge in [-0.3, -0.25) is 9.59 Å². The zero-order valence-electron chi connectivity index (χ0n) is 17.7. The van der Waals surface area contributed by atoms with E-state index in [1.165, 1.54) is 23.9 Å². The van der Waals surface area contributed by atoms with E-state index < -0.39 is 5.82 Å². The minimum atomic E-state index is -0.499. The van der Waals surface area contributed by atoms with Crippen LogP contribution in [0.25, 0.3) is 10.9 Å². The Hall–Kier alpha value is -3.46. The topological polar surface area (TPSA) is 81.8 Å². The SMILES string of the molecule is CCn1c(CC(=O)Nc2ccccc2F)nnc1SCC(=O)c1cn(C)c2ccccc12. The fourth-order valence-corrected chi connectivity index (χ4v) is 4.45. The number of ketones is 1. The number of thioether (sulfide) groups is 1. The molecule has 0 saturated carbocycles. The minimum absolute atomic E-state index is 0.00343. The lowest BCUT2D eigenvalue weighted by Gasteiger charge is -2.08. The summed E-state index contributed by atoms with van der Waals surface area (Å²) in [5, 5.41) is 12.3. The molecular formula is C23H22FN5O2S. The number of carbonyl (C=O) groups excluding carboxylic acids is 2. The van der Waals surface area contributed by atoms with Crippen LogP contribution in [0.1, 0.15) is 23.1 Å². The van der Waals surface area contributed by atoms with Crippen LogP contribution < -0.4 is 5.32 Å². The number of anilines is 1. The zero-order valence-corrected chi connectivity index (χ0v) is 18.5. The Kier molecular flexibility index (Phi) is 6.36. The summed E-state index contributed by atoms with van der Waals surface area (Å²) in [5.74, 6) is -0.229. The number of carbonyl (C=O) groups is 2. The van der Waals surface area contributed by atoms with Crippen molar-refractivity contribution in [1.82, 2.24) is 19.3 Å². The van der Waals surface area contributed by atoms with Gasteiger partial charge in [-0.25, -0.2) is 4.39 Å². The van der Waals surface area contributed by atoms with Gasteiger partial charge in [-0.05, 0) is 25.1 Å². The first-order valence-corrected chi connectivity index (χ1v) is 11.1. The highest BCUT2D eigenvalue weighted by molar-refractivity contribution is 7.99. The van der Waals surface area contributed by atoms with Crippen LogP contribution in [-0.4, -0.2) is 36.8 Å². The van der Waals surface area contributed by atoms with Gasteiger partial charge in [0.1, 0.15) is 11.6 Å². The summed E-state index contributed by atoms with van der Waals surface area (Å²) < 4.78 is 17.5. The van der Waals surface area contributed by atoms with Crippen molar-refractivity contribution >= 4 is 40.0 Å². The van der Waals surface area contributed by atoms with Gasteiger partial charge in [0, 0.05) is 36.3 Å². The highest BCUT2D eigenvalue weighted by atomic mass is 32.2. The van der Waals surface area contributed by atoms with Crippen LogP contribution in [-0.2, 0) is 24.8 Å². The monoisotopic (exact) mass is 451 g/mol. The number of benzene rings is 2. The number of amides is 1. The first-order valence-electron chi connectivity index (χ1n) is 10.1. The molecule has 2 aromatic carbocycles. The lowest BCUT2D eigenvalue weighted by atomic mass is 10.1. The predicted molar refractivity (Wildman–Crippen MR) is 122 cm³/mol. The third-order valence-electron chi connectivity index (χ3n) is 5.11. The van der Waals surface area contributed by atoms with Gasteiger partial charge >= 0.3 is 0 Å². The normalized spacial score (nSPS) is 11.1. The van der Waals surface area contributed by atoms with Crippen molar-refractivity contribution in [2.24, 2.45) is 7.05 Å². The summed E-state index contributed by atoms with van der Waals surface area (Å²) in [6.07, 6.45) is 1.80. The highest BCUT2D eigenvalue weighted by Crippen LogP contribution is 2.24. The third kappa shape index (κ3) is 4.43. The Morgan fingerprint density at radius 3 is 2.62 bits per heavy atom. The lowest BCUT2D eigenvalue weighted by molar-refractivity contribution is -0.115. The molecule has 164 valence electrons. The molecule has 4 rings (SSSR count). The average molecular weight is 452 g/mol. The van der Waals surface area contributed by atoms with Crippen molar-refractivity contribution in [3.8, 4) is 0 Å². The van der Waals surface area contributed by atoms with E-state index in [0.717, 1.165) is 10.9 Å². The molecule has 1 N–H and O–H groups in total. The number of aryl methyl sites for hydroxylation is 1. The number of halogens is 1. The second-order valence-electron chi connectivity index (χ2n) is 7.23. The Bertz CT molecular complexity index is 1300. The maximum atomic E-state index is 13.8. The second-order valence-corrected chi connectivity index (χ2v) is 8.17. The second kappa shape index (κ2) is 9.35. The van der Waals surface area contributed by atoms with E-state index in [1.54, 1.807) is 16.7 Å². The van der Waals surface area contributed by atoms with E-state index in [9.17, 15) is 14.0 Å². The first-order chi connectivity index (χ1) is 15.5. The molecule has 32 heavy (non-hydrogen) atoms. The van der Waals surface area contributed by atoms with Gasteiger partial charge in [0.25, 0.3) is 0 Å². The number of Topliss-reactive ketones (excluding diaryl/α,β-unsaturated/α-hetero) is 1. The van der Waals surface area contributed by atoms with Crippen molar-refractivity contribution in [2.45, 2.75) is 25.0 Å². The van der Waals surface area contributed by atoms with Crippen LogP contribution in [0.15, 0.2) is 59.9 Å². The average Bonchev–Trinajstić information content (AvgIpc) is 3.34. The molecule has 0 bridgehead atoms. The Balaban J connectivity index is 1.44. The fraction of sp³-hybridized carbons (Fsp3) is 0.217. The van der Waals surface area contributed by atoms with E-state index in [0.29, 0.717) is 23.1 Å². The largest absolute Gasteiger partial charge is 0.350 e. The van der Waals surface area contributed by atoms with Crippen molar-refractivity contribution in [2.75, 3.05) is 11.1 Å². The molecule has 9 heteroatoms. The first kappa shape index (κ1) is 21.8. The van der Waals surface area contributed by atoms with Crippen molar-refractivity contribution in [1.29, 1.82) is 0 Å². The zero-order chi connectivity index (χ0) is 22.7. The molecule has 1 amide bonds. The van der Waals surface area contributed by atoms with Gasteiger partial charge in [0.2, 0.25) is 5.91 Å². The Morgan fingerprint density at radius 1 is 1.09 bits per heavy atom. The maximum Gasteiger partial charge on any atom is 0.232 e. The van der Waals surface area contributed by atoms with E-state index in [-0.39, 0.29) is 29.6 Å². The summed E-state index contributed by atoms with van der Waals surface area (Å²) in [6, 6.07) is 13.8. The molecular weight excluding hydrogens is 429 g/mol. The number of hydrogen-bond acceptors (Lipinski definition) is 5. The number of rotatable bonds is 8. The van der Waals surface area contributed by atoms with Crippen molar-refractivity contribution in [3.63, 3.8) is 0 Å². The quantitative estimate of drug-likeness (QED) is 0.322. The summed E-state index contributed by atoms with van der Waals surface area (Å²) in [5.41, 5.74) is 1.79. The van der Waals surface area contributed by atoms with Gasteiger partial charge in [-0.1, -0.05) is 42.1 Å². The van der Waals surface area contributed by atoms with Crippen LogP contribution in [0.2, 0.25) is 0 Å². The molecule has 0 saturated heterocycles. The molecule has 2 aromatic heterocycles. The summed E-state index contributed by atoms with van der Waals surface area (Å²) in [7, 11) is 1.92. The number of aromatic nitrogens is 4. The van der Waals surface area contributed by atoms with Gasteiger partial charge < -0.3 is 14.5 Å². The molecule has 0 aliphatic rings. The highest BCUT2D eigenvalue weighted by Gasteiger charge is 2.19. The van der Waals surface area contributed by atoms with E-state index in [1.807, 2.05) is 49.0 Å². The van der Waals surface area contributed by atoms with Crippen LogP contribution in [0.3, 0.4) is 0 Å². The molecule has 0 spiro atoms. The smallest absolute Gasteiger partial charge is 0.232 e. The number of nitrogens with one attached hydrogen (secondary N) is 1. The summed E-state index contributed by atoms with van der Waals surface area (Å²) in [4.78, 5) is 25.2. The Morgan fingerprint density at radius 2 is 1.84 bits per heavy atom. The molecule has 0 unspecified atom stereocenters. The summed E-state index contributed by atoms with van der Waals surface area (Å²) >= 11 is 1.29. The van der Waals surface area contributed by atoms with Crippen molar-refractivity contribution < 1.29 is 14.0 Å². The molecule has 4 aromatic rings. The molecule has 0 fully saturated rings. The third-order valence-corrected chi connectivity index (χ3v) is 6.07. The lowest BCUT2D eigenvalue weighted by Crippen LogP contribution is -2.18. The minimum Gasteiger partial charge on any atom is -0.350 e. The number of para-hydroxylation sites is 2. The van der Waals surface area contributed by atoms with E-state index in [4.69, 9.17) is 0 Å². The molecule has 0 atom stereocenters. The van der Waals surface area contributed by atoms with Crippen LogP contribution in [0.4, 0.5) is 10.1 Å². The molecule has 7 nitrogen and oxygen atoms in total. The Labute approximate surface area is 188 Å². The van der Waals surface area contributed by atoms with Crippen LogP contribution in [0.5, 0.6) is 0 Å². The summed E-state index contributed by atoms with van der Waals surface area (Å²) in [6.45, 7) is 2.46. The van der Waals surface area contributed by atoms with Crippen LogP contribution >= 0.6 is 11.8 Å². The van der Waals surface area contributed by atoms with Gasteiger partial charge in [0.05, 0.1) is 17.9 Å². The van der Waals surface area contributed by atoms with Crippen LogP contribution in [0, 0.1) is 5.82 Å². The van der Waals surface area contributed by atoms with Gasteiger partial charge in [-0.15, -0.1) is 10.2 Å². The molecule has 0 aliphatic carbocycles. The van der Waals surface area contributed by atoms with E-state index in [2.05, 4.69) is 15.5 Å².